The average Bonchev–Trinajstić information content (AvgIpc) is 2.80. The number of aromatic nitrogens is 3. The fraction of sp³-hybridized carbons (Fsp3) is 0.385. The highest BCUT2D eigenvalue weighted by Gasteiger charge is 2.24. The first-order valence-electron chi connectivity index (χ1n) is 6.38. The molecule has 2 heterocycles. The third-order valence-corrected chi connectivity index (χ3v) is 3.34. The van der Waals surface area contributed by atoms with Crippen molar-refractivity contribution in [3.8, 4) is 0 Å². The van der Waals surface area contributed by atoms with Crippen LogP contribution in [0, 0.1) is 0 Å². The van der Waals surface area contributed by atoms with Gasteiger partial charge in [0.15, 0.2) is 11.4 Å². The molecule has 0 unspecified atom stereocenters. The summed E-state index contributed by atoms with van der Waals surface area (Å²) in [6.07, 6.45) is 2.52. The van der Waals surface area contributed by atoms with E-state index >= 15 is 0 Å². The number of nitrogens with one attached hydrogen (secondary N) is 2. The standard InChI is InChI=1S/C13H14N4O3/c1-20-5-4-14-13-16-11-10(12(19)17-13)7-2-3-9(18)8(7)6-15-11/h6H,2-5H2,1H3,(H2,14,15,16,17,19). The summed E-state index contributed by atoms with van der Waals surface area (Å²) in [6.45, 7) is 1.04. The summed E-state index contributed by atoms with van der Waals surface area (Å²) in [5.41, 5.74) is 1.40. The first-order chi connectivity index (χ1) is 9.70. The molecule has 0 fully saturated rings. The number of anilines is 1. The largest absolute Gasteiger partial charge is 0.383 e. The highest BCUT2D eigenvalue weighted by Crippen LogP contribution is 2.25. The second-order valence-electron chi connectivity index (χ2n) is 4.61. The van der Waals surface area contributed by atoms with Gasteiger partial charge in [-0.2, -0.15) is 4.98 Å². The number of hydrogen-bond donors (Lipinski definition) is 2. The molecule has 0 saturated carbocycles. The van der Waals surface area contributed by atoms with E-state index in [0.717, 1.165) is 5.56 Å². The van der Waals surface area contributed by atoms with Crippen LogP contribution in [0.5, 0.6) is 0 Å². The second kappa shape index (κ2) is 5.01. The molecule has 0 saturated heterocycles. The van der Waals surface area contributed by atoms with Gasteiger partial charge < -0.3 is 10.1 Å². The molecule has 0 aliphatic heterocycles. The molecule has 104 valence electrons. The molecule has 1 aliphatic carbocycles. The normalized spacial score (nSPS) is 13.8. The van der Waals surface area contributed by atoms with Gasteiger partial charge in [0.2, 0.25) is 5.95 Å². The van der Waals surface area contributed by atoms with Crippen LogP contribution in [0.25, 0.3) is 11.0 Å². The van der Waals surface area contributed by atoms with Crippen molar-refractivity contribution in [3.05, 3.63) is 27.7 Å². The predicted octanol–water partition coefficient (Wildman–Crippen LogP) is 0.505. The van der Waals surface area contributed by atoms with Crippen LogP contribution in [0.3, 0.4) is 0 Å². The molecule has 0 radical (unpaired) electrons. The van der Waals surface area contributed by atoms with Gasteiger partial charge in [-0.25, -0.2) is 4.98 Å². The number of rotatable bonds is 4. The van der Waals surface area contributed by atoms with Crippen molar-refractivity contribution in [1.29, 1.82) is 0 Å². The third kappa shape index (κ3) is 2.05. The van der Waals surface area contributed by atoms with Gasteiger partial charge >= 0.3 is 0 Å². The van der Waals surface area contributed by atoms with Gasteiger partial charge in [-0.3, -0.25) is 14.6 Å². The average molecular weight is 274 g/mol. The molecule has 0 spiro atoms. The number of carbonyl (C=O) groups excluding carboxylic acids is 1. The Morgan fingerprint density at radius 2 is 2.25 bits per heavy atom. The number of aryl methyl sites for hydroxylation is 1. The molecular weight excluding hydrogens is 260 g/mol. The van der Waals surface area contributed by atoms with Crippen LogP contribution >= 0.6 is 0 Å². The fourth-order valence-electron chi connectivity index (χ4n) is 2.39. The van der Waals surface area contributed by atoms with Crippen molar-refractivity contribution in [1.82, 2.24) is 15.0 Å². The van der Waals surface area contributed by atoms with E-state index in [9.17, 15) is 9.59 Å². The Balaban J connectivity index is 2.06. The minimum Gasteiger partial charge on any atom is -0.383 e. The lowest BCUT2D eigenvalue weighted by Gasteiger charge is -2.07. The van der Waals surface area contributed by atoms with E-state index in [1.54, 1.807) is 7.11 Å². The van der Waals surface area contributed by atoms with E-state index in [0.29, 0.717) is 48.5 Å². The number of Topliss-reactive ketones (excluding diaryl/α,β-unsaturated/α-hetero) is 1. The van der Waals surface area contributed by atoms with E-state index < -0.39 is 0 Å². The predicted molar refractivity (Wildman–Crippen MR) is 73.2 cm³/mol. The maximum absolute atomic E-state index is 12.2. The SMILES string of the molecule is COCCNc1nc2ncc3c(c2c(=O)[nH]1)CCC3=O. The van der Waals surface area contributed by atoms with Crippen LogP contribution in [-0.4, -0.2) is 41.0 Å². The number of ketones is 1. The maximum Gasteiger partial charge on any atom is 0.262 e. The summed E-state index contributed by atoms with van der Waals surface area (Å²) in [7, 11) is 1.60. The van der Waals surface area contributed by atoms with Crippen molar-refractivity contribution in [2.75, 3.05) is 25.6 Å². The number of nitrogens with zero attached hydrogens (tertiary/aromatic N) is 2. The Hall–Kier alpha value is -2.28. The number of methoxy groups -OCH3 is 1. The molecule has 7 nitrogen and oxygen atoms in total. The summed E-state index contributed by atoms with van der Waals surface area (Å²) in [4.78, 5) is 34.9. The van der Waals surface area contributed by atoms with Crippen molar-refractivity contribution < 1.29 is 9.53 Å². The Kier molecular flexibility index (Phi) is 3.19. The maximum atomic E-state index is 12.2. The second-order valence-corrected chi connectivity index (χ2v) is 4.61. The van der Waals surface area contributed by atoms with Gasteiger partial charge in [-0.05, 0) is 12.0 Å². The highest BCUT2D eigenvalue weighted by atomic mass is 16.5. The number of pyridine rings is 1. The molecule has 0 aromatic carbocycles. The number of hydrogen-bond acceptors (Lipinski definition) is 6. The molecule has 2 N–H and O–H groups in total. The molecule has 1 aliphatic rings. The van der Waals surface area contributed by atoms with Crippen LogP contribution in [0.2, 0.25) is 0 Å². The summed E-state index contributed by atoms with van der Waals surface area (Å²) in [6, 6.07) is 0. The van der Waals surface area contributed by atoms with Gasteiger partial charge in [0.1, 0.15) is 0 Å². The van der Waals surface area contributed by atoms with Crippen molar-refractivity contribution in [2.45, 2.75) is 12.8 Å². The molecule has 0 amide bonds. The van der Waals surface area contributed by atoms with E-state index in [1.807, 2.05) is 0 Å². The topological polar surface area (TPSA) is 97.0 Å². The lowest BCUT2D eigenvalue weighted by Crippen LogP contribution is -2.17. The monoisotopic (exact) mass is 274 g/mol. The van der Waals surface area contributed by atoms with E-state index in [1.165, 1.54) is 6.20 Å². The Labute approximate surface area is 114 Å². The molecule has 0 bridgehead atoms. The van der Waals surface area contributed by atoms with Crippen LogP contribution in [-0.2, 0) is 11.2 Å². The Morgan fingerprint density at radius 1 is 1.40 bits per heavy atom. The molecule has 7 heteroatoms. The van der Waals surface area contributed by atoms with Crippen LogP contribution in [0.4, 0.5) is 5.95 Å². The quantitative estimate of drug-likeness (QED) is 0.788. The zero-order chi connectivity index (χ0) is 14.1. The smallest absolute Gasteiger partial charge is 0.262 e. The van der Waals surface area contributed by atoms with Gasteiger partial charge in [0, 0.05) is 31.8 Å². The number of aromatic amines is 1. The summed E-state index contributed by atoms with van der Waals surface area (Å²) in [5.74, 6) is 0.396. The first-order valence-corrected chi connectivity index (χ1v) is 6.38. The van der Waals surface area contributed by atoms with Crippen LogP contribution < -0.4 is 10.9 Å². The molecule has 2 aromatic rings. The number of fused-ring (bicyclic) bond motifs is 3. The highest BCUT2D eigenvalue weighted by molar-refractivity contribution is 6.04. The van der Waals surface area contributed by atoms with Gasteiger partial charge in [0.25, 0.3) is 5.56 Å². The molecule has 0 atom stereocenters. The first kappa shape index (κ1) is 12.7. The van der Waals surface area contributed by atoms with Gasteiger partial charge in [-0.15, -0.1) is 0 Å². The Bertz CT molecular complexity index is 738. The number of carbonyl (C=O) groups is 1. The zero-order valence-electron chi connectivity index (χ0n) is 11.0. The molecular formula is C13H14N4O3. The van der Waals surface area contributed by atoms with Crippen LogP contribution in [0.15, 0.2) is 11.0 Å². The third-order valence-electron chi connectivity index (χ3n) is 3.34. The van der Waals surface area contributed by atoms with Gasteiger partial charge in [-0.1, -0.05) is 0 Å². The summed E-state index contributed by atoms with van der Waals surface area (Å²) in [5, 5.41) is 3.38. The van der Waals surface area contributed by atoms with Crippen molar-refractivity contribution in [2.24, 2.45) is 0 Å². The number of ether oxygens (including phenoxy) is 1. The van der Waals surface area contributed by atoms with E-state index in [-0.39, 0.29) is 11.3 Å². The van der Waals surface area contributed by atoms with Gasteiger partial charge in [0.05, 0.1) is 12.0 Å². The fourth-order valence-corrected chi connectivity index (χ4v) is 2.39. The lowest BCUT2D eigenvalue weighted by molar-refractivity contribution is 0.0994. The zero-order valence-corrected chi connectivity index (χ0v) is 11.0. The number of H-pyrrole nitrogens is 1. The Morgan fingerprint density at radius 3 is 3.05 bits per heavy atom. The van der Waals surface area contributed by atoms with E-state index in [4.69, 9.17) is 4.74 Å². The molecule has 20 heavy (non-hydrogen) atoms. The van der Waals surface area contributed by atoms with Crippen LogP contribution in [0.1, 0.15) is 22.3 Å². The minimum atomic E-state index is -0.269. The molecule has 3 rings (SSSR count). The lowest BCUT2D eigenvalue weighted by atomic mass is 10.1. The van der Waals surface area contributed by atoms with Crippen molar-refractivity contribution >= 4 is 22.8 Å². The molecule has 2 aromatic heterocycles. The minimum absolute atomic E-state index is 0.0381. The summed E-state index contributed by atoms with van der Waals surface area (Å²) >= 11 is 0. The summed E-state index contributed by atoms with van der Waals surface area (Å²) < 4.78 is 4.92. The van der Waals surface area contributed by atoms with E-state index in [2.05, 4.69) is 20.3 Å². The van der Waals surface area contributed by atoms with Crippen molar-refractivity contribution in [3.63, 3.8) is 0 Å².